The second kappa shape index (κ2) is 9.46. The zero-order chi connectivity index (χ0) is 16.5. The summed E-state index contributed by atoms with van der Waals surface area (Å²) in [5, 5.41) is 4.24. The number of rotatable bonds is 9. The summed E-state index contributed by atoms with van der Waals surface area (Å²) in [4.78, 5) is 0. The average Bonchev–Trinajstić information content (AvgIpc) is 2.57. The number of para-hydroxylation sites is 1. The summed E-state index contributed by atoms with van der Waals surface area (Å²) < 4.78 is 5.96. The molecule has 3 heteroatoms. The summed E-state index contributed by atoms with van der Waals surface area (Å²) in [5.74, 6) is 0.969. The molecule has 124 valence electrons. The largest absolute Gasteiger partial charge is 0.493 e. The predicted molar refractivity (Wildman–Crippen MR) is 99.6 cm³/mol. The quantitative estimate of drug-likeness (QED) is 0.551. The van der Waals surface area contributed by atoms with Crippen LogP contribution in [0.2, 0.25) is 5.02 Å². The maximum Gasteiger partial charge on any atom is 0.124 e. The van der Waals surface area contributed by atoms with Gasteiger partial charge in [-0.25, -0.2) is 0 Å². The van der Waals surface area contributed by atoms with Gasteiger partial charge in [-0.3, -0.25) is 0 Å². The minimum absolute atomic E-state index is 0.728. The molecular formula is C20H26ClNO. The molecule has 2 rings (SSSR count). The zero-order valence-electron chi connectivity index (χ0n) is 14.1. The number of nitrogens with one attached hydrogen (secondary N) is 1. The highest BCUT2D eigenvalue weighted by Gasteiger charge is 2.05. The summed E-state index contributed by atoms with van der Waals surface area (Å²) in [5.41, 5.74) is 3.31. The fourth-order valence-corrected chi connectivity index (χ4v) is 2.67. The Balaban J connectivity index is 1.93. The molecule has 0 atom stereocenters. The maximum absolute atomic E-state index is 6.17. The Hall–Kier alpha value is -1.67. The van der Waals surface area contributed by atoms with Crippen LogP contribution in [0, 0.1) is 6.92 Å². The molecule has 0 aromatic heterocycles. The van der Waals surface area contributed by atoms with Gasteiger partial charge >= 0.3 is 0 Å². The van der Waals surface area contributed by atoms with Crippen LogP contribution in [0.1, 0.15) is 43.7 Å². The molecule has 2 aromatic carbocycles. The van der Waals surface area contributed by atoms with Gasteiger partial charge in [0.15, 0.2) is 0 Å². The van der Waals surface area contributed by atoms with Crippen LogP contribution in [-0.4, -0.2) is 6.61 Å². The highest BCUT2D eigenvalue weighted by molar-refractivity contribution is 6.31. The van der Waals surface area contributed by atoms with Crippen molar-refractivity contribution in [2.75, 3.05) is 11.9 Å². The molecule has 0 unspecified atom stereocenters. The standard InChI is InChI=1S/C20H26ClNO/c1-3-4-5-8-14-23-20-13-7-6-10-17(20)15-22-19-12-9-11-18(21)16(19)2/h6-7,9-13,22H,3-5,8,14-15H2,1-2H3. The summed E-state index contributed by atoms with van der Waals surface area (Å²) in [7, 11) is 0. The second-order valence-electron chi connectivity index (χ2n) is 5.78. The third kappa shape index (κ3) is 5.47. The Morgan fingerprint density at radius 1 is 1.00 bits per heavy atom. The molecule has 0 amide bonds. The van der Waals surface area contributed by atoms with E-state index in [2.05, 4.69) is 24.4 Å². The van der Waals surface area contributed by atoms with Crippen LogP contribution < -0.4 is 10.1 Å². The molecule has 0 radical (unpaired) electrons. The third-order valence-corrected chi connectivity index (χ3v) is 4.37. The highest BCUT2D eigenvalue weighted by atomic mass is 35.5. The first-order chi connectivity index (χ1) is 11.2. The molecular weight excluding hydrogens is 306 g/mol. The van der Waals surface area contributed by atoms with Gasteiger partial charge in [-0.05, 0) is 37.1 Å². The number of ether oxygens (including phenoxy) is 1. The van der Waals surface area contributed by atoms with E-state index in [9.17, 15) is 0 Å². The van der Waals surface area contributed by atoms with Gasteiger partial charge in [-0.15, -0.1) is 0 Å². The molecule has 0 bridgehead atoms. The van der Waals surface area contributed by atoms with E-state index in [1.807, 2.05) is 37.3 Å². The van der Waals surface area contributed by atoms with Crippen molar-refractivity contribution in [1.82, 2.24) is 0 Å². The molecule has 23 heavy (non-hydrogen) atoms. The van der Waals surface area contributed by atoms with Crippen LogP contribution in [0.25, 0.3) is 0 Å². The first-order valence-electron chi connectivity index (χ1n) is 8.42. The van der Waals surface area contributed by atoms with E-state index in [1.165, 1.54) is 24.8 Å². The summed E-state index contributed by atoms with van der Waals surface area (Å²) in [6.45, 7) is 5.76. The number of hydrogen-bond acceptors (Lipinski definition) is 2. The monoisotopic (exact) mass is 331 g/mol. The second-order valence-corrected chi connectivity index (χ2v) is 6.19. The first-order valence-corrected chi connectivity index (χ1v) is 8.80. The molecule has 0 aliphatic rings. The summed E-state index contributed by atoms with van der Waals surface area (Å²) in [6, 6.07) is 14.1. The van der Waals surface area contributed by atoms with Gasteiger partial charge < -0.3 is 10.1 Å². The first kappa shape index (κ1) is 17.7. The topological polar surface area (TPSA) is 21.3 Å². The molecule has 0 spiro atoms. The SMILES string of the molecule is CCCCCCOc1ccccc1CNc1cccc(Cl)c1C. The molecule has 0 heterocycles. The molecule has 0 aliphatic heterocycles. The van der Waals surface area contributed by atoms with Gasteiger partial charge in [-0.1, -0.05) is 62.1 Å². The Bertz CT molecular complexity index is 612. The van der Waals surface area contributed by atoms with Crippen molar-refractivity contribution < 1.29 is 4.74 Å². The van der Waals surface area contributed by atoms with Crippen molar-refractivity contribution in [3.05, 3.63) is 58.6 Å². The van der Waals surface area contributed by atoms with Crippen LogP contribution in [0.5, 0.6) is 5.75 Å². The van der Waals surface area contributed by atoms with Gasteiger partial charge in [0.05, 0.1) is 6.61 Å². The Morgan fingerprint density at radius 3 is 2.65 bits per heavy atom. The summed E-state index contributed by atoms with van der Waals surface area (Å²) >= 11 is 6.17. The van der Waals surface area contributed by atoms with E-state index in [0.29, 0.717) is 0 Å². The van der Waals surface area contributed by atoms with Crippen LogP contribution in [0.15, 0.2) is 42.5 Å². The van der Waals surface area contributed by atoms with Gasteiger partial charge in [0.2, 0.25) is 0 Å². The predicted octanol–water partition coefficient (Wildman–Crippen LogP) is 6.22. The zero-order valence-corrected chi connectivity index (χ0v) is 14.8. The van der Waals surface area contributed by atoms with Gasteiger partial charge in [0.1, 0.15) is 5.75 Å². The average molecular weight is 332 g/mol. The molecule has 0 aliphatic carbocycles. The Labute approximate surface area is 144 Å². The molecule has 2 nitrogen and oxygen atoms in total. The highest BCUT2D eigenvalue weighted by Crippen LogP contribution is 2.25. The normalized spacial score (nSPS) is 10.6. The van der Waals surface area contributed by atoms with Crippen LogP contribution in [0.3, 0.4) is 0 Å². The molecule has 0 saturated heterocycles. The maximum atomic E-state index is 6.17. The lowest BCUT2D eigenvalue weighted by Gasteiger charge is -2.14. The molecule has 1 N–H and O–H groups in total. The Morgan fingerprint density at radius 2 is 1.83 bits per heavy atom. The van der Waals surface area contributed by atoms with Gasteiger partial charge in [0, 0.05) is 22.8 Å². The Kier molecular flexibility index (Phi) is 7.28. The minimum atomic E-state index is 0.728. The number of anilines is 1. The smallest absolute Gasteiger partial charge is 0.124 e. The van der Waals surface area contributed by atoms with Crippen molar-refractivity contribution >= 4 is 17.3 Å². The van der Waals surface area contributed by atoms with Crippen LogP contribution in [-0.2, 0) is 6.54 Å². The van der Waals surface area contributed by atoms with E-state index in [0.717, 1.165) is 41.6 Å². The van der Waals surface area contributed by atoms with Crippen LogP contribution in [0.4, 0.5) is 5.69 Å². The number of hydrogen-bond donors (Lipinski definition) is 1. The van der Waals surface area contributed by atoms with Crippen molar-refractivity contribution in [3.8, 4) is 5.75 Å². The lowest BCUT2D eigenvalue weighted by atomic mass is 10.1. The van der Waals surface area contributed by atoms with Crippen molar-refractivity contribution in [3.63, 3.8) is 0 Å². The lowest BCUT2D eigenvalue weighted by Crippen LogP contribution is -2.05. The summed E-state index contributed by atoms with van der Waals surface area (Å²) in [6.07, 6.45) is 4.88. The van der Waals surface area contributed by atoms with E-state index >= 15 is 0 Å². The fourth-order valence-electron chi connectivity index (χ4n) is 2.49. The van der Waals surface area contributed by atoms with E-state index < -0.39 is 0 Å². The number of benzene rings is 2. The molecule has 0 fully saturated rings. The van der Waals surface area contributed by atoms with E-state index in [4.69, 9.17) is 16.3 Å². The van der Waals surface area contributed by atoms with Gasteiger partial charge in [-0.2, -0.15) is 0 Å². The van der Waals surface area contributed by atoms with Crippen molar-refractivity contribution in [1.29, 1.82) is 0 Å². The number of halogens is 1. The minimum Gasteiger partial charge on any atom is -0.493 e. The molecule has 0 saturated carbocycles. The van der Waals surface area contributed by atoms with E-state index in [-0.39, 0.29) is 0 Å². The number of unbranched alkanes of at least 4 members (excludes halogenated alkanes) is 3. The van der Waals surface area contributed by atoms with Crippen molar-refractivity contribution in [2.45, 2.75) is 46.1 Å². The van der Waals surface area contributed by atoms with Gasteiger partial charge in [0.25, 0.3) is 0 Å². The third-order valence-electron chi connectivity index (χ3n) is 3.97. The van der Waals surface area contributed by atoms with Crippen LogP contribution >= 0.6 is 11.6 Å². The van der Waals surface area contributed by atoms with Crippen molar-refractivity contribution in [2.24, 2.45) is 0 Å². The van der Waals surface area contributed by atoms with E-state index in [1.54, 1.807) is 0 Å². The lowest BCUT2D eigenvalue weighted by molar-refractivity contribution is 0.302. The molecule has 2 aromatic rings. The fraction of sp³-hybridized carbons (Fsp3) is 0.400.